The van der Waals surface area contributed by atoms with Gasteiger partial charge in [-0.25, -0.2) is 4.98 Å². The van der Waals surface area contributed by atoms with Crippen molar-refractivity contribution in [2.75, 3.05) is 31.5 Å². The van der Waals surface area contributed by atoms with Crippen LogP contribution in [0.3, 0.4) is 0 Å². The molecule has 0 aromatic carbocycles. The second-order valence-corrected chi connectivity index (χ2v) is 6.96. The zero-order valence-corrected chi connectivity index (χ0v) is 16.5. The van der Waals surface area contributed by atoms with E-state index in [2.05, 4.69) is 21.3 Å². The Balaban J connectivity index is 1.77. The maximum absolute atomic E-state index is 12.6. The van der Waals surface area contributed by atoms with Gasteiger partial charge in [0.1, 0.15) is 5.82 Å². The number of anilines is 2. The smallest absolute Gasteiger partial charge is 0.236 e. The van der Waals surface area contributed by atoms with Crippen LogP contribution in [0.15, 0.2) is 36.5 Å². The summed E-state index contributed by atoms with van der Waals surface area (Å²) in [6, 6.07) is 10.1. The van der Waals surface area contributed by atoms with Crippen molar-refractivity contribution in [2.45, 2.75) is 39.7 Å². The fourth-order valence-electron chi connectivity index (χ4n) is 3.72. The Kier molecular flexibility index (Phi) is 6.40. The number of amides is 1. The second-order valence-electron chi connectivity index (χ2n) is 6.96. The van der Waals surface area contributed by atoms with Gasteiger partial charge in [0.05, 0.1) is 18.3 Å². The van der Waals surface area contributed by atoms with E-state index in [9.17, 15) is 4.79 Å². The van der Waals surface area contributed by atoms with Crippen molar-refractivity contribution in [3.05, 3.63) is 47.9 Å². The molecule has 2 aromatic heterocycles. The number of pyridine rings is 2. The number of carbonyl (C=O) groups excluding carboxylic acids is 1. The Bertz CT molecular complexity index is 760. The molecule has 6 nitrogen and oxygen atoms in total. The molecule has 3 rings (SSSR count). The Labute approximate surface area is 161 Å². The number of hydrogen-bond acceptors (Lipinski definition) is 5. The van der Waals surface area contributed by atoms with E-state index in [1.54, 1.807) is 6.20 Å². The van der Waals surface area contributed by atoms with E-state index in [0.29, 0.717) is 6.54 Å². The zero-order chi connectivity index (χ0) is 19.2. The SMILES string of the molecule is CCN(CC)C(=O)CN1CCC[C@H]1c1cc(Nc2ccccn2)cc(C)n1. The molecule has 2 aromatic rings. The van der Waals surface area contributed by atoms with Crippen LogP contribution in [-0.2, 0) is 4.79 Å². The van der Waals surface area contributed by atoms with Crippen LogP contribution in [0.25, 0.3) is 0 Å². The Morgan fingerprint density at radius 3 is 2.81 bits per heavy atom. The van der Waals surface area contributed by atoms with Gasteiger partial charge in [-0.15, -0.1) is 0 Å². The predicted octanol–water partition coefficient (Wildman–Crippen LogP) is 3.53. The van der Waals surface area contributed by atoms with Gasteiger partial charge < -0.3 is 10.2 Å². The summed E-state index contributed by atoms with van der Waals surface area (Å²) in [7, 11) is 0. The molecule has 0 aliphatic carbocycles. The summed E-state index contributed by atoms with van der Waals surface area (Å²) in [4.78, 5) is 25.8. The third-order valence-electron chi connectivity index (χ3n) is 5.07. The highest BCUT2D eigenvalue weighted by molar-refractivity contribution is 5.78. The average molecular weight is 367 g/mol. The van der Waals surface area contributed by atoms with E-state index in [1.807, 2.05) is 49.9 Å². The second kappa shape index (κ2) is 8.95. The first-order valence-electron chi connectivity index (χ1n) is 9.79. The van der Waals surface area contributed by atoms with Crippen molar-refractivity contribution in [3.63, 3.8) is 0 Å². The standard InChI is InChI=1S/C21H29N5O/c1-4-25(5-2)21(27)15-26-12-8-9-19(26)18-14-17(13-16(3)23-18)24-20-10-6-7-11-22-20/h6-7,10-11,13-14,19H,4-5,8-9,12,15H2,1-3H3,(H,22,23,24)/t19-/m0/s1. The van der Waals surface area contributed by atoms with Gasteiger partial charge in [-0.1, -0.05) is 6.07 Å². The molecule has 1 atom stereocenters. The molecule has 1 saturated heterocycles. The topological polar surface area (TPSA) is 61.4 Å². The minimum atomic E-state index is 0.189. The van der Waals surface area contributed by atoms with E-state index in [-0.39, 0.29) is 11.9 Å². The number of rotatable bonds is 7. The van der Waals surface area contributed by atoms with Crippen molar-refractivity contribution in [1.29, 1.82) is 0 Å². The van der Waals surface area contributed by atoms with Crippen molar-refractivity contribution in [3.8, 4) is 0 Å². The molecule has 1 N–H and O–H groups in total. The first-order valence-corrected chi connectivity index (χ1v) is 9.79. The van der Waals surface area contributed by atoms with Crippen molar-refractivity contribution >= 4 is 17.4 Å². The van der Waals surface area contributed by atoms with Crippen molar-refractivity contribution < 1.29 is 4.79 Å². The van der Waals surface area contributed by atoms with Crippen LogP contribution < -0.4 is 5.32 Å². The highest BCUT2D eigenvalue weighted by atomic mass is 16.2. The summed E-state index contributed by atoms with van der Waals surface area (Å²) < 4.78 is 0. The van der Waals surface area contributed by atoms with E-state index in [1.165, 1.54) is 0 Å². The lowest BCUT2D eigenvalue weighted by atomic mass is 10.1. The number of hydrogen-bond donors (Lipinski definition) is 1. The molecule has 3 heterocycles. The van der Waals surface area contributed by atoms with Gasteiger partial charge >= 0.3 is 0 Å². The first-order chi connectivity index (χ1) is 13.1. The lowest BCUT2D eigenvalue weighted by Crippen LogP contribution is -2.40. The summed E-state index contributed by atoms with van der Waals surface area (Å²) in [6.45, 7) is 8.99. The predicted molar refractivity (Wildman–Crippen MR) is 108 cm³/mol. The Hall–Kier alpha value is -2.47. The molecule has 0 spiro atoms. The maximum atomic E-state index is 12.6. The van der Waals surface area contributed by atoms with Crippen molar-refractivity contribution in [2.24, 2.45) is 0 Å². The summed E-state index contributed by atoms with van der Waals surface area (Å²) in [5, 5.41) is 3.36. The van der Waals surface area contributed by atoms with Crippen LogP contribution in [-0.4, -0.2) is 51.9 Å². The van der Waals surface area contributed by atoms with Crippen LogP contribution in [0, 0.1) is 6.92 Å². The molecule has 6 heteroatoms. The highest BCUT2D eigenvalue weighted by Crippen LogP contribution is 2.32. The zero-order valence-electron chi connectivity index (χ0n) is 16.5. The molecule has 0 saturated carbocycles. The molecule has 0 radical (unpaired) electrons. The van der Waals surface area contributed by atoms with E-state index in [0.717, 1.165) is 55.4 Å². The third kappa shape index (κ3) is 4.83. The monoisotopic (exact) mass is 367 g/mol. The van der Waals surface area contributed by atoms with Crippen LogP contribution in [0.2, 0.25) is 0 Å². The van der Waals surface area contributed by atoms with Crippen molar-refractivity contribution in [1.82, 2.24) is 19.8 Å². The minimum absolute atomic E-state index is 0.189. The van der Waals surface area contributed by atoms with Crippen LogP contribution in [0.1, 0.15) is 44.1 Å². The average Bonchev–Trinajstić information content (AvgIpc) is 3.11. The van der Waals surface area contributed by atoms with Crippen LogP contribution in [0.4, 0.5) is 11.5 Å². The lowest BCUT2D eigenvalue weighted by Gasteiger charge is -2.27. The fourth-order valence-corrected chi connectivity index (χ4v) is 3.72. The number of nitrogens with one attached hydrogen (secondary N) is 1. The highest BCUT2D eigenvalue weighted by Gasteiger charge is 2.29. The van der Waals surface area contributed by atoms with Gasteiger partial charge in [0, 0.05) is 30.7 Å². The summed E-state index contributed by atoms with van der Waals surface area (Å²) >= 11 is 0. The third-order valence-corrected chi connectivity index (χ3v) is 5.07. The normalized spacial score (nSPS) is 17.1. The molecule has 0 unspecified atom stereocenters. The molecule has 1 amide bonds. The number of nitrogens with zero attached hydrogens (tertiary/aromatic N) is 4. The van der Waals surface area contributed by atoms with Gasteiger partial charge in [-0.2, -0.15) is 0 Å². The van der Waals surface area contributed by atoms with Gasteiger partial charge in [0.15, 0.2) is 0 Å². The molecule has 1 aliphatic heterocycles. The van der Waals surface area contributed by atoms with Crippen LogP contribution >= 0.6 is 0 Å². The number of carbonyl (C=O) groups is 1. The number of aromatic nitrogens is 2. The summed E-state index contributed by atoms with van der Waals surface area (Å²) in [5.74, 6) is 1.01. The molecule has 0 bridgehead atoms. The molecule has 1 aliphatic rings. The number of likely N-dealkylation sites (tertiary alicyclic amines) is 1. The fraction of sp³-hybridized carbons (Fsp3) is 0.476. The largest absolute Gasteiger partial charge is 0.342 e. The minimum Gasteiger partial charge on any atom is -0.342 e. The van der Waals surface area contributed by atoms with Gasteiger partial charge in [-0.05, 0) is 64.4 Å². The number of likely N-dealkylation sites (N-methyl/N-ethyl adjacent to an activating group) is 1. The van der Waals surface area contributed by atoms with E-state index >= 15 is 0 Å². The van der Waals surface area contributed by atoms with Crippen LogP contribution in [0.5, 0.6) is 0 Å². The maximum Gasteiger partial charge on any atom is 0.236 e. The van der Waals surface area contributed by atoms with Gasteiger partial charge in [-0.3, -0.25) is 14.7 Å². The molecular weight excluding hydrogens is 338 g/mol. The van der Waals surface area contributed by atoms with E-state index < -0.39 is 0 Å². The number of aryl methyl sites for hydroxylation is 1. The Morgan fingerprint density at radius 2 is 2.11 bits per heavy atom. The molecule has 1 fully saturated rings. The lowest BCUT2D eigenvalue weighted by molar-refractivity contribution is -0.132. The molecular formula is C21H29N5O. The van der Waals surface area contributed by atoms with Gasteiger partial charge in [0.2, 0.25) is 5.91 Å². The summed E-state index contributed by atoms with van der Waals surface area (Å²) in [5.41, 5.74) is 2.98. The van der Waals surface area contributed by atoms with E-state index in [4.69, 9.17) is 4.98 Å². The Morgan fingerprint density at radius 1 is 1.30 bits per heavy atom. The first kappa shape index (κ1) is 19.3. The quantitative estimate of drug-likeness (QED) is 0.811. The molecule has 27 heavy (non-hydrogen) atoms. The van der Waals surface area contributed by atoms with Gasteiger partial charge in [0.25, 0.3) is 0 Å². The summed E-state index contributed by atoms with van der Waals surface area (Å²) in [6.07, 6.45) is 3.90. The molecule has 144 valence electrons.